The van der Waals surface area contributed by atoms with E-state index in [1.54, 1.807) is 47.3 Å². The van der Waals surface area contributed by atoms with E-state index in [4.69, 9.17) is 21.3 Å². The summed E-state index contributed by atoms with van der Waals surface area (Å²) in [6.07, 6.45) is 2.98. The van der Waals surface area contributed by atoms with Crippen LogP contribution in [0.1, 0.15) is 27.2 Å². The summed E-state index contributed by atoms with van der Waals surface area (Å²) >= 11 is 8.80. The van der Waals surface area contributed by atoms with Crippen molar-refractivity contribution in [2.75, 3.05) is 12.9 Å². The molecule has 0 saturated heterocycles. The van der Waals surface area contributed by atoms with Gasteiger partial charge in [-0.15, -0.1) is 11.3 Å². The molecule has 0 amide bonds. The molecule has 2 heterocycles. The van der Waals surface area contributed by atoms with Gasteiger partial charge in [-0.2, -0.15) is 0 Å². The number of carbonyl (C=O) groups excluding carboxylic acids is 1. The van der Waals surface area contributed by atoms with Crippen molar-refractivity contribution in [1.29, 1.82) is 0 Å². The van der Waals surface area contributed by atoms with Crippen molar-refractivity contribution in [2.45, 2.75) is 24.4 Å². The van der Waals surface area contributed by atoms with Crippen LogP contribution in [-0.2, 0) is 12.8 Å². The Morgan fingerprint density at radius 1 is 1.16 bits per heavy atom. The van der Waals surface area contributed by atoms with Gasteiger partial charge in [0.2, 0.25) is 0 Å². The van der Waals surface area contributed by atoms with Gasteiger partial charge in [-0.05, 0) is 73.4 Å². The first-order valence-electron chi connectivity index (χ1n) is 10.2. The minimum absolute atomic E-state index is 0.0454. The number of thioether (sulfide) groups is 1. The van der Waals surface area contributed by atoms with Crippen molar-refractivity contribution >= 4 is 50.7 Å². The van der Waals surface area contributed by atoms with Gasteiger partial charge in [0, 0.05) is 15.5 Å². The zero-order valence-electron chi connectivity index (χ0n) is 17.3. The quantitative estimate of drug-likeness (QED) is 0.204. The SMILES string of the molecule is COc1ccc(-n2c(SCC(=O)c3ccc(Cl)cc3)nc3sc4c(c3c2=O)CCC4)cc1. The molecule has 8 heteroatoms. The number of fused-ring (bicyclic) bond motifs is 3. The van der Waals surface area contributed by atoms with E-state index < -0.39 is 0 Å². The number of aromatic nitrogens is 2. The van der Waals surface area contributed by atoms with Crippen molar-refractivity contribution in [2.24, 2.45) is 0 Å². The Kier molecular flexibility index (Phi) is 5.80. The van der Waals surface area contributed by atoms with Gasteiger partial charge in [-0.3, -0.25) is 14.2 Å². The fourth-order valence-electron chi connectivity index (χ4n) is 3.93. The van der Waals surface area contributed by atoms with Gasteiger partial charge in [0.25, 0.3) is 5.56 Å². The molecule has 1 aliphatic carbocycles. The number of ketones is 1. The summed E-state index contributed by atoms with van der Waals surface area (Å²) < 4.78 is 6.88. The highest BCUT2D eigenvalue weighted by atomic mass is 35.5. The van der Waals surface area contributed by atoms with Crippen LogP contribution in [0.2, 0.25) is 5.02 Å². The Hall–Kier alpha value is -2.61. The van der Waals surface area contributed by atoms with E-state index in [0.29, 0.717) is 32.6 Å². The first-order valence-corrected chi connectivity index (χ1v) is 12.4. The number of carbonyl (C=O) groups is 1. The monoisotopic (exact) mass is 482 g/mol. The number of benzene rings is 2. The molecule has 5 rings (SSSR count). The van der Waals surface area contributed by atoms with Crippen LogP contribution >= 0.6 is 34.7 Å². The Balaban J connectivity index is 1.57. The molecule has 1 aliphatic rings. The van der Waals surface area contributed by atoms with Crippen molar-refractivity contribution < 1.29 is 9.53 Å². The summed E-state index contributed by atoms with van der Waals surface area (Å²) in [5, 5.41) is 1.81. The zero-order valence-corrected chi connectivity index (χ0v) is 19.6. The first kappa shape index (κ1) is 21.2. The number of halogens is 1. The second-order valence-corrected chi connectivity index (χ2v) is 9.95. The van der Waals surface area contributed by atoms with Crippen LogP contribution in [0.4, 0.5) is 0 Å². The molecule has 32 heavy (non-hydrogen) atoms. The summed E-state index contributed by atoms with van der Waals surface area (Å²) in [7, 11) is 1.60. The maximum absolute atomic E-state index is 13.7. The van der Waals surface area contributed by atoms with Gasteiger partial charge in [0.1, 0.15) is 10.6 Å². The van der Waals surface area contributed by atoms with Crippen molar-refractivity contribution in [3.8, 4) is 11.4 Å². The Morgan fingerprint density at radius 3 is 2.62 bits per heavy atom. The van der Waals surface area contributed by atoms with Crippen molar-refractivity contribution in [1.82, 2.24) is 9.55 Å². The summed E-state index contributed by atoms with van der Waals surface area (Å²) in [4.78, 5) is 33.2. The van der Waals surface area contributed by atoms with Crippen LogP contribution in [0.15, 0.2) is 58.5 Å². The van der Waals surface area contributed by atoms with Gasteiger partial charge < -0.3 is 4.74 Å². The highest BCUT2D eigenvalue weighted by molar-refractivity contribution is 7.99. The fourth-order valence-corrected chi connectivity index (χ4v) is 6.27. The van der Waals surface area contributed by atoms with E-state index >= 15 is 0 Å². The van der Waals surface area contributed by atoms with Gasteiger partial charge in [-0.25, -0.2) is 4.98 Å². The topological polar surface area (TPSA) is 61.2 Å². The number of thiophene rings is 1. The number of aryl methyl sites for hydroxylation is 2. The Morgan fingerprint density at radius 2 is 1.91 bits per heavy atom. The third-order valence-electron chi connectivity index (χ3n) is 5.54. The molecule has 0 spiro atoms. The molecule has 0 N–H and O–H groups in total. The molecule has 0 atom stereocenters. The lowest BCUT2D eigenvalue weighted by Gasteiger charge is -2.13. The summed E-state index contributed by atoms with van der Waals surface area (Å²) in [5.41, 5.74) is 2.33. The first-order chi connectivity index (χ1) is 15.5. The highest BCUT2D eigenvalue weighted by Gasteiger charge is 2.24. The maximum atomic E-state index is 13.7. The second kappa shape index (κ2) is 8.73. The Labute approximate surface area is 198 Å². The number of ether oxygens (including phenoxy) is 1. The molecular formula is C24H19ClN2O3S2. The van der Waals surface area contributed by atoms with E-state index in [1.165, 1.54) is 16.6 Å². The number of Topliss-reactive ketones (excluding diaryl/α,β-unsaturated/α-hetero) is 1. The third-order valence-corrected chi connectivity index (χ3v) is 7.91. The molecule has 2 aromatic heterocycles. The number of hydrogen-bond donors (Lipinski definition) is 0. The number of nitrogens with zero attached hydrogens (tertiary/aromatic N) is 2. The van der Waals surface area contributed by atoms with Crippen LogP contribution in [0.5, 0.6) is 5.75 Å². The molecule has 2 aromatic carbocycles. The average Bonchev–Trinajstić information content (AvgIpc) is 3.39. The molecular weight excluding hydrogens is 464 g/mol. The van der Waals surface area contributed by atoms with Crippen LogP contribution in [-0.4, -0.2) is 28.2 Å². The molecule has 4 aromatic rings. The average molecular weight is 483 g/mol. The summed E-state index contributed by atoms with van der Waals surface area (Å²) in [5.74, 6) is 0.830. The lowest BCUT2D eigenvalue weighted by molar-refractivity contribution is 0.102. The standard InChI is InChI=1S/C24H19ClN2O3S2/c1-30-17-11-9-16(10-12-17)27-23(29)21-18-3-2-4-20(18)32-22(21)26-24(27)31-13-19(28)14-5-7-15(25)8-6-14/h5-12H,2-4,13H2,1H3. The fraction of sp³-hybridized carbons (Fsp3) is 0.208. The van der Waals surface area contributed by atoms with E-state index in [-0.39, 0.29) is 17.1 Å². The minimum atomic E-state index is -0.0824. The lowest BCUT2D eigenvalue weighted by atomic mass is 10.1. The molecule has 0 saturated carbocycles. The number of methoxy groups -OCH3 is 1. The van der Waals surface area contributed by atoms with Crippen LogP contribution in [0.3, 0.4) is 0 Å². The molecule has 0 bridgehead atoms. The summed E-state index contributed by atoms with van der Waals surface area (Å²) in [6.45, 7) is 0. The number of rotatable bonds is 6. The van der Waals surface area contributed by atoms with E-state index in [2.05, 4.69) is 0 Å². The molecule has 0 radical (unpaired) electrons. The molecule has 0 unspecified atom stereocenters. The minimum Gasteiger partial charge on any atom is -0.497 e. The van der Waals surface area contributed by atoms with Gasteiger partial charge in [0.05, 0.1) is 23.9 Å². The summed E-state index contributed by atoms with van der Waals surface area (Å²) in [6, 6.07) is 14.1. The van der Waals surface area contributed by atoms with E-state index in [0.717, 1.165) is 29.7 Å². The second-order valence-electron chi connectivity index (χ2n) is 7.49. The molecule has 162 valence electrons. The van der Waals surface area contributed by atoms with Crippen LogP contribution < -0.4 is 10.3 Å². The molecule has 5 nitrogen and oxygen atoms in total. The predicted octanol–water partition coefficient (Wildman–Crippen LogP) is 5.57. The van der Waals surface area contributed by atoms with Gasteiger partial charge >= 0.3 is 0 Å². The predicted molar refractivity (Wildman–Crippen MR) is 130 cm³/mol. The highest BCUT2D eigenvalue weighted by Crippen LogP contribution is 2.36. The van der Waals surface area contributed by atoms with Crippen molar-refractivity contribution in [3.63, 3.8) is 0 Å². The van der Waals surface area contributed by atoms with Gasteiger partial charge in [-0.1, -0.05) is 23.4 Å². The van der Waals surface area contributed by atoms with E-state index in [9.17, 15) is 9.59 Å². The van der Waals surface area contributed by atoms with Gasteiger partial charge in [0.15, 0.2) is 10.9 Å². The zero-order chi connectivity index (χ0) is 22.2. The van der Waals surface area contributed by atoms with E-state index in [1.807, 2.05) is 24.3 Å². The lowest BCUT2D eigenvalue weighted by Crippen LogP contribution is -2.22. The largest absolute Gasteiger partial charge is 0.497 e. The van der Waals surface area contributed by atoms with Crippen LogP contribution in [0, 0.1) is 0 Å². The number of hydrogen-bond acceptors (Lipinski definition) is 6. The van der Waals surface area contributed by atoms with Crippen molar-refractivity contribution in [3.05, 3.63) is 79.9 Å². The smallest absolute Gasteiger partial charge is 0.267 e. The third kappa shape index (κ3) is 3.85. The normalized spacial score (nSPS) is 12.8. The maximum Gasteiger partial charge on any atom is 0.267 e. The Bertz CT molecular complexity index is 1380. The van der Waals surface area contributed by atoms with Crippen LogP contribution in [0.25, 0.3) is 15.9 Å². The molecule has 0 fully saturated rings. The molecule has 0 aliphatic heterocycles.